The Morgan fingerprint density at radius 1 is 1.10 bits per heavy atom. The van der Waals surface area contributed by atoms with Crippen LogP contribution in [0, 0.1) is 0 Å². The third kappa shape index (κ3) is 3.38. The van der Waals surface area contributed by atoms with Crippen LogP contribution >= 0.6 is 0 Å². The monoisotopic (exact) mass is 415 g/mol. The number of rotatable bonds is 6. The van der Waals surface area contributed by atoms with Gasteiger partial charge in [-0.1, -0.05) is 54.6 Å². The Balaban J connectivity index is 1.69. The van der Waals surface area contributed by atoms with Gasteiger partial charge in [-0.05, 0) is 30.4 Å². The number of ether oxygens (including phenoxy) is 1. The maximum absolute atomic E-state index is 13.3. The molecule has 2 heterocycles. The highest BCUT2D eigenvalue weighted by molar-refractivity contribution is 5.99. The van der Waals surface area contributed by atoms with E-state index in [0.717, 1.165) is 35.1 Å². The summed E-state index contributed by atoms with van der Waals surface area (Å²) < 4.78 is 12.9. The first-order chi connectivity index (χ1) is 15.1. The van der Waals surface area contributed by atoms with Crippen molar-refractivity contribution in [2.45, 2.75) is 31.3 Å². The van der Waals surface area contributed by atoms with E-state index in [1.807, 2.05) is 42.5 Å². The fourth-order valence-electron chi connectivity index (χ4n) is 4.26. The topological polar surface area (TPSA) is 83.3 Å². The summed E-state index contributed by atoms with van der Waals surface area (Å²) in [6, 6.07) is 18.0. The standard InChI is InChI=1S/C25H25N3O3/c1-30-15-14-28-16-27-23-21(24(28)29)20(17-6-3-2-4-7-17)22(31-23)18-8-10-19(11-9-18)25(26)12-5-13-25/h2-4,6-11,16H,5,12-15,26H2,1H3. The second kappa shape index (κ2) is 7.80. The van der Waals surface area contributed by atoms with Gasteiger partial charge in [0.25, 0.3) is 5.56 Å². The van der Waals surface area contributed by atoms with E-state index in [1.54, 1.807) is 11.7 Å². The van der Waals surface area contributed by atoms with Crippen molar-refractivity contribution < 1.29 is 9.15 Å². The van der Waals surface area contributed by atoms with E-state index in [1.165, 1.54) is 12.7 Å². The highest BCUT2D eigenvalue weighted by Crippen LogP contribution is 2.41. The van der Waals surface area contributed by atoms with E-state index in [-0.39, 0.29) is 11.1 Å². The summed E-state index contributed by atoms with van der Waals surface area (Å²) in [5.41, 5.74) is 10.2. The van der Waals surface area contributed by atoms with Gasteiger partial charge in [-0.25, -0.2) is 4.98 Å². The number of methoxy groups -OCH3 is 1. The van der Waals surface area contributed by atoms with E-state index in [4.69, 9.17) is 14.9 Å². The molecule has 0 radical (unpaired) electrons. The number of fused-ring (bicyclic) bond motifs is 1. The van der Waals surface area contributed by atoms with Gasteiger partial charge in [0, 0.05) is 23.8 Å². The first-order valence-corrected chi connectivity index (χ1v) is 10.6. The molecule has 31 heavy (non-hydrogen) atoms. The molecule has 2 aromatic heterocycles. The van der Waals surface area contributed by atoms with Crippen LogP contribution in [0.25, 0.3) is 33.6 Å². The molecule has 0 amide bonds. The van der Waals surface area contributed by atoms with Crippen LogP contribution in [-0.4, -0.2) is 23.3 Å². The molecule has 2 aromatic carbocycles. The molecular formula is C25H25N3O3. The molecule has 1 aliphatic carbocycles. The molecule has 2 N–H and O–H groups in total. The van der Waals surface area contributed by atoms with Gasteiger partial charge in [0.1, 0.15) is 17.5 Å². The summed E-state index contributed by atoms with van der Waals surface area (Å²) in [5, 5.41) is 0.484. The van der Waals surface area contributed by atoms with Crippen LogP contribution in [0.5, 0.6) is 0 Å². The maximum Gasteiger partial charge on any atom is 0.265 e. The SMILES string of the molecule is COCCn1cnc2oc(-c3ccc(C4(N)CCC4)cc3)c(-c3ccccc3)c2c1=O. The van der Waals surface area contributed by atoms with Crippen LogP contribution in [0.2, 0.25) is 0 Å². The Morgan fingerprint density at radius 2 is 1.84 bits per heavy atom. The molecule has 0 atom stereocenters. The van der Waals surface area contributed by atoms with Gasteiger partial charge in [0.15, 0.2) is 0 Å². The predicted octanol–water partition coefficient (Wildman–Crippen LogP) is 4.31. The zero-order valence-electron chi connectivity index (χ0n) is 17.5. The van der Waals surface area contributed by atoms with Gasteiger partial charge in [-0.2, -0.15) is 0 Å². The van der Waals surface area contributed by atoms with Crippen LogP contribution < -0.4 is 11.3 Å². The van der Waals surface area contributed by atoms with E-state index < -0.39 is 0 Å². The van der Waals surface area contributed by atoms with Gasteiger partial charge in [-0.15, -0.1) is 0 Å². The Hall–Kier alpha value is -3.22. The molecule has 1 aliphatic rings. The molecule has 4 aromatic rings. The number of benzene rings is 2. The fourth-order valence-corrected chi connectivity index (χ4v) is 4.26. The van der Waals surface area contributed by atoms with Crippen molar-refractivity contribution in [2.75, 3.05) is 13.7 Å². The minimum Gasteiger partial charge on any atom is -0.437 e. The number of furan rings is 1. The number of nitrogens with two attached hydrogens (primary N) is 1. The zero-order valence-corrected chi connectivity index (χ0v) is 17.5. The van der Waals surface area contributed by atoms with E-state index >= 15 is 0 Å². The van der Waals surface area contributed by atoms with E-state index in [9.17, 15) is 4.79 Å². The predicted molar refractivity (Wildman–Crippen MR) is 121 cm³/mol. The van der Waals surface area contributed by atoms with Crippen molar-refractivity contribution in [3.8, 4) is 22.5 Å². The molecule has 0 unspecified atom stereocenters. The molecule has 1 fully saturated rings. The van der Waals surface area contributed by atoms with E-state index in [2.05, 4.69) is 17.1 Å². The lowest BCUT2D eigenvalue weighted by atomic mass is 9.72. The highest BCUT2D eigenvalue weighted by atomic mass is 16.5. The molecular weight excluding hydrogens is 390 g/mol. The Labute approximate surface area is 180 Å². The summed E-state index contributed by atoms with van der Waals surface area (Å²) in [5.74, 6) is 0.640. The van der Waals surface area contributed by atoms with Gasteiger partial charge in [0.05, 0.1) is 13.2 Å². The van der Waals surface area contributed by atoms with Crippen molar-refractivity contribution in [1.82, 2.24) is 9.55 Å². The lowest BCUT2D eigenvalue weighted by Crippen LogP contribution is -2.43. The van der Waals surface area contributed by atoms with Crippen molar-refractivity contribution in [2.24, 2.45) is 5.73 Å². The lowest BCUT2D eigenvalue weighted by molar-refractivity contribution is 0.186. The minimum absolute atomic E-state index is 0.136. The molecule has 1 saturated carbocycles. The lowest BCUT2D eigenvalue weighted by Gasteiger charge is -2.38. The second-order valence-electron chi connectivity index (χ2n) is 8.18. The van der Waals surface area contributed by atoms with Gasteiger partial charge in [-0.3, -0.25) is 9.36 Å². The normalized spacial score (nSPS) is 15.2. The Bertz CT molecular complexity index is 1270. The summed E-state index contributed by atoms with van der Waals surface area (Å²) in [7, 11) is 1.61. The molecule has 0 bridgehead atoms. The number of hydrogen-bond acceptors (Lipinski definition) is 5. The third-order valence-electron chi connectivity index (χ3n) is 6.25. The number of hydrogen-bond donors (Lipinski definition) is 1. The third-order valence-corrected chi connectivity index (χ3v) is 6.25. The zero-order chi connectivity index (χ0) is 21.4. The van der Waals surface area contributed by atoms with Gasteiger partial charge < -0.3 is 14.9 Å². The fraction of sp³-hybridized carbons (Fsp3) is 0.280. The average Bonchev–Trinajstić information content (AvgIpc) is 3.18. The summed E-state index contributed by atoms with van der Waals surface area (Å²) >= 11 is 0. The van der Waals surface area contributed by atoms with Crippen molar-refractivity contribution in [3.05, 3.63) is 76.8 Å². The van der Waals surface area contributed by atoms with Crippen LogP contribution in [-0.2, 0) is 16.8 Å². The summed E-state index contributed by atoms with van der Waals surface area (Å²) in [6.45, 7) is 0.862. The molecule has 6 nitrogen and oxygen atoms in total. The first-order valence-electron chi connectivity index (χ1n) is 10.6. The highest BCUT2D eigenvalue weighted by Gasteiger charge is 2.34. The largest absolute Gasteiger partial charge is 0.437 e. The van der Waals surface area contributed by atoms with Crippen LogP contribution in [0.3, 0.4) is 0 Å². The molecule has 0 spiro atoms. The van der Waals surface area contributed by atoms with Crippen LogP contribution in [0.1, 0.15) is 24.8 Å². The van der Waals surface area contributed by atoms with Gasteiger partial charge >= 0.3 is 0 Å². The van der Waals surface area contributed by atoms with Crippen LogP contribution in [0.4, 0.5) is 0 Å². The van der Waals surface area contributed by atoms with Crippen molar-refractivity contribution >= 4 is 11.1 Å². The molecule has 6 heteroatoms. The second-order valence-corrected chi connectivity index (χ2v) is 8.18. The van der Waals surface area contributed by atoms with Gasteiger partial charge in [0.2, 0.25) is 5.71 Å². The molecule has 0 saturated heterocycles. The average molecular weight is 415 g/mol. The first kappa shape index (κ1) is 19.7. The molecule has 0 aliphatic heterocycles. The molecule has 158 valence electrons. The summed E-state index contributed by atoms with van der Waals surface area (Å²) in [6.07, 6.45) is 4.71. The van der Waals surface area contributed by atoms with Crippen LogP contribution in [0.15, 0.2) is 70.1 Å². The number of nitrogens with zero attached hydrogens (tertiary/aromatic N) is 2. The van der Waals surface area contributed by atoms with Crippen molar-refractivity contribution in [1.29, 1.82) is 0 Å². The number of aromatic nitrogens is 2. The molecule has 5 rings (SSSR count). The smallest absolute Gasteiger partial charge is 0.265 e. The summed E-state index contributed by atoms with van der Waals surface area (Å²) in [4.78, 5) is 17.7. The maximum atomic E-state index is 13.3. The minimum atomic E-state index is -0.217. The quantitative estimate of drug-likeness (QED) is 0.507. The van der Waals surface area contributed by atoms with E-state index in [0.29, 0.717) is 30.0 Å². The van der Waals surface area contributed by atoms with Crippen molar-refractivity contribution in [3.63, 3.8) is 0 Å². The Morgan fingerprint density at radius 3 is 2.48 bits per heavy atom. The Kier molecular flexibility index (Phi) is 4.96.